The molecule has 0 spiro atoms. The number of rotatable bonds is 5. The summed E-state index contributed by atoms with van der Waals surface area (Å²) in [6.07, 6.45) is -0.671. The summed E-state index contributed by atoms with van der Waals surface area (Å²) in [5.41, 5.74) is 7.29. The first-order valence-electron chi connectivity index (χ1n) is 14.1. The molecule has 2 saturated heterocycles. The number of morpholine rings is 1. The fourth-order valence-corrected chi connectivity index (χ4v) is 6.73. The summed E-state index contributed by atoms with van der Waals surface area (Å²) in [5, 5.41) is 1.61. The molecule has 3 atom stereocenters. The lowest BCUT2D eigenvalue weighted by molar-refractivity contribution is -0.200. The maximum Gasteiger partial charge on any atom is 0.421 e. The first kappa shape index (κ1) is 27.0. The van der Waals surface area contributed by atoms with Crippen molar-refractivity contribution in [3.63, 3.8) is 0 Å². The van der Waals surface area contributed by atoms with Crippen molar-refractivity contribution >= 4 is 18.0 Å². The van der Waals surface area contributed by atoms with E-state index in [0.29, 0.717) is 0 Å². The van der Waals surface area contributed by atoms with Gasteiger partial charge in [-0.15, -0.1) is 0 Å². The zero-order valence-electron chi connectivity index (χ0n) is 23.7. The Morgan fingerprint density at radius 3 is 2.15 bits per heavy atom. The monoisotopic (exact) mass is 553 g/mol. The molecule has 1 N–H and O–H groups in total. The lowest BCUT2D eigenvalue weighted by Crippen LogP contribution is -2.79. The number of nitrogens with one attached hydrogen (secondary N) is 1. The standard InChI is InChI=1S/C33H35N3O5/c1-20(2)28-30(37)35-27(21-12-6-5-7-13-21)19-40-31(38)29(35)33(3,4)36(28)34-32(39)41-18-26-24-16-10-8-14-22(24)23-15-9-11-17-25(23)26/h5-17,20,26-29H,18-19H2,1-4H3,(H,34,39)/t27-,28-,29+/m0/s1. The summed E-state index contributed by atoms with van der Waals surface area (Å²) in [6.45, 7) is 7.81. The Morgan fingerprint density at radius 2 is 1.54 bits per heavy atom. The fraction of sp³-hybridized carbons (Fsp3) is 0.364. The molecular weight excluding hydrogens is 518 g/mol. The van der Waals surface area contributed by atoms with Crippen LogP contribution in [0, 0.1) is 5.92 Å². The lowest BCUT2D eigenvalue weighted by atomic mass is 9.81. The van der Waals surface area contributed by atoms with Crippen LogP contribution < -0.4 is 5.43 Å². The third-order valence-corrected chi connectivity index (χ3v) is 8.67. The Labute approximate surface area is 240 Å². The molecule has 3 aromatic rings. The molecule has 0 unspecified atom stereocenters. The van der Waals surface area contributed by atoms with Gasteiger partial charge in [0.15, 0.2) is 0 Å². The van der Waals surface area contributed by atoms with Crippen molar-refractivity contribution in [1.29, 1.82) is 0 Å². The molecule has 6 rings (SSSR count). The number of esters is 1. The van der Waals surface area contributed by atoms with E-state index in [2.05, 4.69) is 29.7 Å². The van der Waals surface area contributed by atoms with Gasteiger partial charge in [0.2, 0.25) is 5.91 Å². The van der Waals surface area contributed by atoms with Crippen LogP contribution in [0.15, 0.2) is 78.9 Å². The van der Waals surface area contributed by atoms with Crippen molar-refractivity contribution in [3.05, 3.63) is 95.6 Å². The van der Waals surface area contributed by atoms with Gasteiger partial charge in [0.25, 0.3) is 0 Å². The summed E-state index contributed by atoms with van der Waals surface area (Å²) in [4.78, 5) is 42.4. The molecule has 3 aromatic carbocycles. The molecule has 0 radical (unpaired) electrons. The molecule has 8 heteroatoms. The lowest BCUT2D eigenvalue weighted by Gasteiger charge is -2.58. The van der Waals surface area contributed by atoms with E-state index in [1.807, 2.05) is 82.3 Å². The second-order valence-electron chi connectivity index (χ2n) is 11.9. The molecule has 0 bridgehead atoms. The van der Waals surface area contributed by atoms with Gasteiger partial charge in [-0.05, 0) is 47.6 Å². The smallest absolute Gasteiger partial charge is 0.421 e. The van der Waals surface area contributed by atoms with Crippen LogP contribution in [-0.2, 0) is 19.1 Å². The van der Waals surface area contributed by atoms with Gasteiger partial charge in [-0.2, -0.15) is 5.01 Å². The van der Waals surface area contributed by atoms with Crippen LogP contribution >= 0.6 is 0 Å². The van der Waals surface area contributed by atoms with Crippen molar-refractivity contribution in [2.24, 2.45) is 5.92 Å². The Kier molecular flexibility index (Phi) is 6.82. The molecule has 3 aliphatic rings. The van der Waals surface area contributed by atoms with Gasteiger partial charge in [-0.25, -0.2) is 9.59 Å². The van der Waals surface area contributed by atoms with Crippen molar-refractivity contribution in [1.82, 2.24) is 15.3 Å². The van der Waals surface area contributed by atoms with Gasteiger partial charge in [0.1, 0.15) is 25.3 Å². The number of nitrogens with zero attached hydrogens (tertiary/aromatic N) is 2. The molecule has 2 aliphatic heterocycles. The molecule has 212 valence electrons. The number of fused-ring (bicyclic) bond motifs is 4. The topological polar surface area (TPSA) is 88.2 Å². The summed E-state index contributed by atoms with van der Waals surface area (Å²) < 4.78 is 11.4. The number of carbonyl (C=O) groups is 3. The normalized spacial score (nSPS) is 23.4. The van der Waals surface area contributed by atoms with Crippen molar-refractivity contribution in [2.45, 2.75) is 57.3 Å². The van der Waals surface area contributed by atoms with E-state index in [1.165, 1.54) is 0 Å². The largest absolute Gasteiger partial charge is 0.462 e. The van der Waals surface area contributed by atoms with Crippen LogP contribution in [0.4, 0.5) is 4.79 Å². The number of carbonyl (C=O) groups excluding carboxylic acids is 3. The van der Waals surface area contributed by atoms with Crippen LogP contribution in [0.25, 0.3) is 11.1 Å². The Morgan fingerprint density at radius 1 is 0.951 bits per heavy atom. The highest BCUT2D eigenvalue weighted by Crippen LogP contribution is 2.45. The number of amides is 2. The highest BCUT2D eigenvalue weighted by molar-refractivity contribution is 5.92. The average Bonchev–Trinajstić information content (AvgIpc) is 3.28. The van der Waals surface area contributed by atoms with E-state index in [4.69, 9.17) is 9.47 Å². The van der Waals surface area contributed by atoms with Gasteiger partial charge >= 0.3 is 12.1 Å². The van der Waals surface area contributed by atoms with Crippen LogP contribution in [-0.4, -0.2) is 58.7 Å². The van der Waals surface area contributed by atoms with Crippen LogP contribution in [0.1, 0.15) is 56.3 Å². The number of benzene rings is 3. The van der Waals surface area contributed by atoms with Gasteiger partial charge in [-0.1, -0.05) is 92.7 Å². The summed E-state index contributed by atoms with van der Waals surface area (Å²) in [5.74, 6) is -0.975. The third-order valence-electron chi connectivity index (χ3n) is 8.67. The molecule has 0 saturated carbocycles. The second-order valence-corrected chi connectivity index (χ2v) is 11.9. The predicted molar refractivity (Wildman–Crippen MR) is 154 cm³/mol. The minimum Gasteiger partial charge on any atom is -0.462 e. The number of cyclic esters (lactones) is 1. The summed E-state index contributed by atoms with van der Waals surface area (Å²) in [6, 6.07) is 23.9. The van der Waals surface area contributed by atoms with Crippen molar-refractivity contribution in [3.8, 4) is 11.1 Å². The molecule has 2 amide bonds. The Bertz CT molecular complexity index is 1440. The number of ether oxygens (including phenoxy) is 2. The first-order chi connectivity index (χ1) is 19.7. The van der Waals surface area contributed by atoms with Gasteiger partial charge in [0, 0.05) is 5.92 Å². The van der Waals surface area contributed by atoms with Gasteiger partial charge < -0.3 is 14.4 Å². The van der Waals surface area contributed by atoms with E-state index in [1.54, 1.807) is 9.91 Å². The molecule has 41 heavy (non-hydrogen) atoms. The minimum absolute atomic E-state index is 0.0891. The summed E-state index contributed by atoms with van der Waals surface area (Å²) >= 11 is 0. The van der Waals surface area contributed by atoms with E-state index in [-0.39, 0.29) is 31.0 Å². The second kappa shape index (κ2) is 10.3. The van der Waals surface area contributed by atoms with Gasteiger partial charge in [-0.3, -0.25) is 10.2 Å². The maximum atomic E-state index is 14.1. The SMILES string of the molecule is CC(C)[C@H]1C(=O)N2[C@H](c3ccccc3)COC(=O)[C@@H]2C(C)(C)N1NC(=O)OCC1c2ccccc2-c2ccccc21. The Hall–Kier alpha value is -4.17. The average molecular weight is 554 g/mol. The highest BCUT2D eigenvalue weighted by Gasteiger charge is 2.60. The van der Waals surface area contributed by atoms with E-state index in [0.717, 1.165) is 27.8 Å². The predicted octanol–water partition coefficient (Wildman–Crippen LogP) is 5.05. The van der Waals surface area contributed by atoms with Crippen LogP contribution in [0.5, 0.6) is 0 Å². The minimum atomic E-state index is -0.987. The Balaban J connectivity index is 1.25. The zero-order valence-corrected chi connectivity index (χ0v) is 23.7. The summed E-state index contributed by atoms with van der Waals surface area (Å²) in [7, 11) is 0. The van der Waals surface area contributed by atoms with Crippen LogP contribution in [0.2, 0.25) is 0 Å². The molecular formula is C33H35N3O5. The number of piperazine rings is 1. The van der Waals surface area contributed by atoms with Crippen molar-refractivity contribution < 1.29 is 23.9 Å². The first-order valence-corrected chi connectivity index (χ1v) is 14.1. The number of hydrazine groups is 1. The van der Waals surface area contributed by atoms with E-state index in [9.17, 15) is 14.4 Å². The molecule has 2 fully saturated rings. The van der Waals surface area contributed by atoms with Crippen LogP contribution in [0.3, 0.4) is 0 Å². The maximum absolute atomic E-state index is 14.1. The molecule has 1 aliphatic carbocycles. The van der Waals surface area contributed by atoms with Crippen molar-refractivity contribution in [2.75, 3.05) is 13.2 Å². The third kappa shape index (κ3) is 4.47. The quantitative estimate of drug-likeness (QED) is 0.445. The fourth-order valence-electron chi connectivity index (χ4n) is 6.73. The van der Waals surface area contributed by atoms with E-state index >= 15 is 0 Å². The van der Waals surface area contributed by atoms with E-state index < -0.39 is 35.7 Å². The number of hydrogen-bond donors (Lipinski definition) is 1. The van der Waals surface area contributed by atoms with Gasteiger partial charge in [0.05, 0.1) is 11.6 Å². The molecule has 2 heterocycles. The molecule has 0 aromatic heterocycles. The molecule has 8 nitrogen and oxygen atoms in total. The number of hydrogen-bond acceptors (Lipinski definition) is 6. The zero-order chi connectivity index (χ0) is 28.9. The highest BCUT2D eigenvalue weighted by atomic mass is 16.6.